The van der Waals surface area contributed by atoms with Gasteiger partial charge in [-0.2, -0.15) is 0 Å². The summed E-state index contributed by atoms with van der Waals surface area (Å²) >= 11 is 3.42. The summed E-state index contributed by atoms with van der Waals surface area (Å²) in [5, 5.41) is 4.94. The monoisotopic (exact) mass is 478 g/mol. The minimum absolute atomic E-state index is 0.307. The number of nitrogens with one attached hydrogen (secondary N) is 1. The topological polar surface area (TPSA) is 75.7 Å². The van der Waals surface area contributed by atoms with Gasteiger partial charge in [-0.3, -0.25) is 19.7 Å². The molecule has 4 atom stereocenters. The molecule has 2 aliphatic rings. The maximum absolute atomic E-state index is 13.7. The third-order valence-corrected chi connectivity index (χ3v) is 6.70. The van der Waals surface area contributed by atoms with E-state index in [9.17, 15) is 14.4 Å². The summed E-state index contributed by atoms with van der Waals surface area (Å²) in [6.07, 6.45) is 0. The zero-order chi connectivity index (χ0) is 21.7. The fourth-order valence-electron chi connectivity index (χ4n) is 4.77. The smallest absolute Gasteiger partial charge is 0.323 e. The van der Waals surface area contributed by atoms with Crippen LogP contribution in [-0.2, 0) is 19.1 Å². The van der Waals surface area contributed by atoms with Gasteiger partial charge in [-0.05, 0) is 29.1 Å². The second-order valence-electron chi connectivity index (χ2n) is 7.76. The van der Waals surface area contributed by atoms with Crippen LogP contribution in [0.25, 0.3) is 10.8 Å². The molecular formula is C24H19BrN2O4. The summed E-state index contributed by atoms with van der Waals surface area (Å²) in [5.74, 6) is -2.76. The number of fused-ring (bicyclic) bond motifs is 2. The predicted octanol–water partition coefficient (Wildman–Crippen LogP) is 3.59. The predicted molar refractivity (Wildman–Crippen MR) is 119 cm³/mol. The van der Waals surface area contributed by atoms with E-state index in [1.165, 1.54) is 12.0 Å². The SMILES string of the molecule is COC(=O)[C@@H]1N[C@H](c2ccc(Br)cc2)[C@@H]2C(=O)N(c3cccc4ccccc34)C(=O)[C@@H]21. The van der Waals surface area contributed by atoms with E-state index in [2.05, 4.69) is 21.2 Å². The lowest BCUT2D eigenvalue weighted by molar-refractivity contribution is -0.145. The fourth-order valence-corrected chi connectivity index (χ4v) is 5.03. The summed E-state index contributed by atoms with van der Waals surface area (Å²) in [7, 11) is 1.29. The number of hydrogen-bond donors (Lipinski definition) is 1. The number of hydrogen-bond acceptors (Lipinski definition) is 5. The van der Waals surface area contributed by atoms with Gasteiger partial charge in [-0.15, -0.1) is 0 Å². The molecule has 2 aliphatic heterocycles. The van der Waals surface area contributed by atoms with Gasteiger partial charge in [0.1, 0.15) is 6.04 Å². The van der Waals surface area contributed by atoms with E-state index in [-0.39, 0.29) is 11.8 Å². The van der Waals surface area contributed by atoms with E-state index >= 15 is 0 Å². The van der Waals surface area contributed by atoms with Crippen molar-refractivity contribution in [1.29, 1.82) is 0 Å². The number of ether oxygens (including phenoxy) is 1. The molecule has 0 spiro atoms. The minimum Gasteiger partial charge on any atom is -0.468 e. The maximum Gasteiger partial charge on any atom is 0.323 e. The molecule has 0 aliphatic carbocycles. The first kappa shape index (κ1) is 19.9. The molecule has 3 aromatic rings. The molecule has 3 aromatic carbocycles. The number of halogens is 1. The summed E-state index contributed by atoms with van der Waals surface area (Å²) in [6, 6.07) is 19.3. The van der Waals surface area contributed by atoms with Crippen molar-refractivity contribution in [1.82, 2.24) is 5.32 Å². The van der Waals surface area contributed by atoms with Crippen molar-refractivity contribution in [3.05, 3.63) is 76.8 Å². The molecule has 0 saturated carbocycles. The Bertz CT molecular complexity index is 1200. The van der Waals surface area contributed by atoms with E-state index in [1.54, 1.807) is 6.07 Å². The van der Waals surface area contributed by atoms with Crippen LogP contribution in [0.3, 0.4) is 0 Å². The van der Waals surface area contributed by atoms with Crippen LogP contribution in [0.4, 0.5) is 5.69 Å². The normalized spacial score (nSPS) is 25.2. The Morgan fingerprint density at radius 1 is 0.935 bits per heavy atom. The first-order chi connectivity index (χ1) is 15.0. The largest absolute Gasteiger partial charge is 0.468 e. The highest BCUT2D eigenvalue weighted by molar-refractivity contribution is 9.10. The molecule has 156 valence electrons. The van der Waals surface area contributed by atoms with Gasteiger partial charge in [0.15, 0.2) is 0 Å². The number of carbonyl (C=O) groups excluding carboxylic acids is 3. The second-order valence-corrected chi connectivity index (χ2v) is 8.67. The van der Waals surface area contributed by atoms with Gasteiger partial charge in [0.2, 0.25) is 11.8 Å². The van der Waals surface area contributed by atoms with Crippen LogP contribution in [0.2, 0.25) is 0 Å². The van der Waals surface area contributed by atoms with E-state index in [1.807, 2.05) is 60.7 Å². The van der Waals surface area contributed by atoms with Crippen molar-refractivity contribution in [2.75, 3.05) is 12.0 Å². The van der Waals surface area contributed by atoms with Gasteiger partial charge < -0.3 is 4.74 Å². The zero-order valence-electron chi connectivity index (χ0n) is 16.6. The van der Waals surface area contributed by atoms with Crippen LogP contribution < -0.4 is 10.2 Å². The number of methoxy groups -OCH3 is 1. The molecule has 0 aromatic heterocycles. The molecule has 5 rings (SSSR count). The Labute approximate surface area is 187 Å². The highest BCUT2D eigenvalue weighted by Gasteiger charge is 2.61. The lowest BCUT2D eigenvalue weighted by atomic mass is 9.86. The van der Waals surface area contributed by atoms with E-state index in [4.69, 9.17) is 4.74 Å². The Balaban J connectivity index is 1.62. The number of anilines is 1. The molecule has 6 nitrogen and oxygen atoms in total. The van der Waals surface area contributed by atoms with Crippen molar-refractivity contribution >= 4 is 50.2 Å². The van der Waals surface area contributed by atoms with Crippen LogP contribution in [0.1, 0.15) is 11.6 Å². The number of amides is 2. The molecule has 7 heteroatoms. The molecule has 1 N–H and O–H groups in total. The van der Waals surface area contributed by atoms with E-state index in [0.717, 1.165) is 20.8 Å². The molecule has 0 unspecified atom stereocenters. The number of nitrogens with zero attached hydrogens (tertiary/aromatic N) is 1. The number of imide groups is 1. The first-order valence-electron chi connectivity index (χ1n) is 9.96. The van der Waals surface area contributed by atoms with Gasteiger partial charge >= 0.3 is 5.97 Å². The summed E-state index contributed by atoms with van der Waals surface area (Å²) in [6.45, 7) is 0. The quantitative estimate of drug-likeness (QED) is 0.459. The van der Waals surface area contributed by atoms with Crippen molar-refractivity contribution in [2.24, 2.45) is 11.8 Å². The highest BCUT2D eigenvalue weighted by atomic mass is 79.9. The molecule has 2 heterocycles. The Kier molecular flexibility index (Phi) is 4.87. The van der Waals surface area contributed by atoms with Crippen molar-refractivity contribution in [2.45, 2.75) is 12.1 Å². The summed E-state index contributed by atoms with van der Waals surface area (Å²) in [5.41, 5.74) is 1.38. The van der Waals surface area contributed by atoms with Crippen LogP contribution in [0.5, 0.6) is 0 Å². The minimum atomic E-state index is -0.889. The van der Waals surface area contributed by atoms with Crippen molar-refractivity contribution < 1.29 is 19.1 Å². The summed E-state index contributed by atoms with van der Waals surface area (Å²) < 4.78 is 5.85. The average molecular weight is 479 g/mol. The van der Waals surface area contributed by atoms with Crippen molar-refractivity contribution in [3.8, 4) is 0 Å². The molecule has 2 fully saturated rings. The third kappa shape index (κ3) is 3.07. The lowest BCUT2D eigenvalue weighted by Gasteiger charge is -2.23. The molecule has 31 heavy (non-hydrogen) atoms. The molecule has 0 radical (unpaired) electrons. The maximum atomic E-state index is 13.7. The Hall–Kier alpha value is -3.03. The number of carbonyl (C=O) groups is 3. The van der Waals surface area contributed by atoms with Crippen LogP contribution in [0, 0.1) is 11.8 Å². The van der Waals surface area contributed by atoms with Crippen molar-refractivity contribution in [3.63, 3.8) is 0 Å². The second kappa shape index (κ2) is 7.59. The first-order valence-corrected chi connectivity index (χ1v) is 10.8. The molecule has 2 amide bonds. The van der Waals surface area contributed by atoms with Crippen LogP contribution in [0.15, 0.2) is 71.2 Å². The van der Waals surface area contributed by atoms with Crippen LogP contribution in [-0.4, -0.2) is 30.9 Å². The van der Waals surface area contributed by atoms with Gasteiger partial charge in [0.25, 0.3) is 0 Å². The zero-order valence-corrected chi connectivity index (χ0v) is 18.2. The number of benzene rings is 3. The third-order valence-electron chi connectivity index (χ3n) is 6.17. The van der Waals surface area contributed by atoms with Gasteiger partial charge in [-0.25, -0.2) is 4.90 Å². The average Bonchev–Trinajstić information content (AvgIpc) is 3.30. The van der Waals surface area contributed by atoms with E-state index in [0.29, 0.717) is 5.69 Å². The van der Waals surface area contributed by atoms with Gasteiger partial charge in [0, 0.05) is 15.9 Å². The summed E-state index contributed by atoms with van der Waals surface area (Å²) in [4.78, 5) is 41.0. The number of esters is 1. The fraction of sp³-hybridized carbons (Fsp3) is 0.208. The van der Waals surface area contributed by atoms with Crippen LogP contribution >= 0.6 is 15.9 Å². The van der Waals surface area contributed by atoms with Gasteiger partial charge in [0.05, 0.1) is 24.6 Å². The Morgan fingerprint density at radius 2 is 1.61 bits per heavy atom. The van der Waals surface area contributed by atoms with Gasteiger partial charge in [-0.1, -0.05) is 64.5 Å². The Morgan fingerprint density at radius 3 is 2.35 bits per heavy atom. The van der Waals surface area contributed by atoms with E-state index < -0.39 is 29.9 Å². The highest BCUT2D eigenvalue weighted by Crippen LogP contribution is 2.46. The lowest BCUT2D eigenvalue weighted by Crippen LogP contribution is -2.43. The number of rotatable bonds is 3. The molecule has 0 bridgehead atoms. The molecule has 2 saturated heterocycles. The molecular weight excluding hydrogens is 460 g/mol. The standard InChI is InChI=1S/C24H19BrN2O4/c1-31-24(30)21-19-18(20(26-21)14-9-11-15(25)12-10-14)22(28)27(23(19)29)17-8-4-6-13-5-2-3-7-16(13)17/h2-12,18-21,26H,1H3/t18-,19+,20-,21-/m1/s1.